The number of nitriles is 1. The molecule has 1 aliphatic heterocycles. The van der Waals surface area contributed by atoms with Gasteiger partial charge in [0, 0.05) is 27.6 Å². The van der Waals surface area contributed by atoms with Crippen molar-refractivity contribution in [3.05, 3.63) is 46.2 Å². The third-order valence-electron chi connectivity index (χ3n) is 4.62. The molecule has 0 saturated carbocycles. The molecule has 0 fully saturated rings. The van der Waals surface area contributed by atoms with Crippen LogP contribution in [0, 0.1) is 17.2 Å². The fourth-order valence-electron chi connectivity index (χ4n) is 3.62. The topological polar surface area (TPSA) is 42.8 Å². The summed E-state index contributed by atoms with van der Waals surface area (Å²) in [5, 5.41) is 10.4. The van der Waals surface area contributed by atoms with E-state index in [0.717, 1.165) is 23.9 Å². The minimum atomic E-state index is 0.0360. The van der Waals surface area contributed by atoms with Crippen molar-refractivity contribution in [3.8, 4) is 6.07 Å². The quantitative estimate of drug-likeness (QED) is 0.841. The van der Waals surface area contributed by atoms with Crippen LogP contribution in [0.2, 0.25) is 0 Å². The maximum atomic E-state index is 9.08. The highest BCUT2D eigenvalue weighted by Gasteiger charge is 2.30. The molecule has 0 amide bonds. The van der Waals surface area contributed by atoms with E-state index < -0.39 is 0 Å². The van der Waals surface area contributed by atoms with E-state index in [2.05, 4.69) is 56.3 Å². The van der Waals surface area contributed by atoms with Crippen LogP contribution in [0.5, 0.6) is 0 Å². The van der Waals surface area contributed by atoms with Gasteiger partial charge < -0.3 is 9.88 Å². The van der Waals surface area contributed by atoms with Crippen molar-refractivity contribution in [2.45, 2.75) is 25.3 Å². The lowest BCUT2D eigenvalue weighted by Gasteiger charge is -2.31. The zero-order chi connectivity index (χ0) is 14.4. The number of H-pyrrole nitrogens is 1. The van der Waals surface area contributed by atoms with Gasteiger partial charge in [-0.3, -0.25) is 0 Å². The summed E-state index contributed by atoms with van der Waals surface area (Å²) in [6.07, 6.45) is 7.63. The Labute approximate surface area is 132 Å². The molecule has 1 N–H and O–H groups in total. The van der Waals surface area contributed by atoms with Crippen molar-refractivity contribution in [1.82, 2.24) is 9.88 Å². The molecule has 0 radical (unpaired) electrons. The highest BCUT2D eigenvalue weighted by atomic mass is 79.9. The normalized spacial score (nSPS) is 24.3. The molecular weight excluding hydrogens is 326 g/mol. The summed E-state index contributed by atoms with van der Waals surface area (Å²) in [5.74, 6) is 0.0360. The van der Waals surface area contributed by atoms with Crippen molar-refractivity contribution in [3.63, 3.8) is 0 Å². The Kier molecular flexibility index (Phi) is 3.04. The maximum Gasteiger partial charge on any atom is 0.0835 e. The summed E-state index contributed by atoms with van der Waals surface area (Å²) in [7, 11) is 0. The SMILES string of the molecule is N#CC1C=CN(C2CCCc3c2[nH]c2ccc(Br)cc32)C1. The molecule has 1 aliphatic carbocycles. The molecule has 0 bridgehead atoms. The first kappa shape index (κ1) is 13.0. The van der Waals surface area contributed by atoms with E-state index in [0.29, 0.717) is 6.04 Å². The second-order valence-electron chi connectivity index (χ2n) is 5.89. The Morgan fingerprint density at radius 1 is 1.38 bits per heavy atom. The second-order valence-corrected chi connectivity index (χ2v) is 6.80. The van der Waals surface area contributed by atoms with Gasteiger partial charge in [0.05, 0.1) is 18.0 Å². The van der Waals surface area contributed by atoms with Crippen LogP contribution in [-0.4, -0.2) is 16.4 Å². The molecule has 0 spiro atoms. The minimum absolute atomic E-state index is 0.0360. The van der Waals surface area contributed by atoms with Gasteiger partial charge >= 0.3 is 0 Å². The van der Waals surface area contributed by atoms with Gasteiger partial charge in [0.25, 0.3) is 0 Å². The first-order valence-corrected chi connectivity index (χ1v) is 8.19. The van der Waals surface area contributed by atoms with Gasteiger partial charge in [-0.15, -0.1) is 0 Å². The second kappa shape index (κ2) is 4.92. The number of aryl methyl sites for hydroxylation is 1. The van der Waals surface area contributed by atoms with E-state index in [1.54, 1.807) is 0 Å². The van der Waals surface area contributed by atoms with E-state index in [4.69, 9.17) is 5.26 Å². The summed E-state index contributed by atoms with van der Waals surface area (Å²) >= 11 is 3.57. The van der Waals surface area contributed by atoms with Crippen LogP contribution in [0.25, 0.3) is 10.9 Å². The molecular formula is C17H16BrN3. The molecule has 2 atom stereocenters. The van der Waals surface area contributed by atoms with Crippen molar-refractivity contribution in [2.75, 3.05) is 6.54 Å². The lowest BCUT2D eigenvalue weighted by atomic mass is 9.91. The predicted molar refractivity (Wildman–Crippen MR) is 86.6 cm³/mol. The number of fused-ring (bicyclic) bond motifs is 3. The van der Waals surface area contributed by atoms with Gasteiger partial charge in [-0.2, -0.15) is 5.26 Å². The van der Waals surface area contributed by atoms with Crippen LogP contribution in [0.15, 0.2) is 34.9 Å². The van der Waals surface area contributed by atoms with Crippen LogP contribution in [0.3, 0.4) is 0 Å². The zero-order valence-corrected chi connectivity index (χ0v) is 13.2. The van der Waals surface area contributed by atoms with Gasteiger partial charge in [-0.05, 0) is 55.3 Å². The number of nitrogens with zero attached hydrogens (tertiary/aromatic N) is 2. The van der Waals surface area contributed by atoms with E-state index in [-0.39, 0.29) is 5.92 Å². The van der Waals surface area contributed by atoms with Crippen molar-refractivity contribution in [2.24, 2.45) is 5.92 Å². The molecule has 21 heavy (non-hydrogen) atoms. The first-order valence-electron chi connectivity index (χ1n) is 7.40. The first-order chi connectivity index (χ1) is 10.3. The highest BCUT2D eigenvalue weighted by Crippen LogP contribution is 2.40. The van der Waals surface area contributed by atoms with Gasteiger partial charge in [0.2, 0.25) is 0 Å². The predicted octanol–water partition coefficient (Wildman–Crippen LogP) is 4.28. The molecule has 2 heterocycles. The lowest BCUT2D eigenvalue weighted by Crippen LogP contribution is -2.27. The number of hydrogen-bond acceptors (Lipinski definition) is 2. The Morgan fingerprint density at radius 3 is 3.10 bits per heavy atom. The summed E-state index contributed by atoms with van der Waals surface area (Å²) in [6.45, 7) is 0.819. The molecule has 2 aromatic rings. The molecule has 1 aromatic carbocycles. The summed E-state index contributed by atoms with van der Waals surface area (Å²) < 4.78 is 1.13. The van der Waals surface area contributed by atoms with Crippen LogP contribution < -0.4 is 0 Å². The number of nitrogens with one attached hydrogen (secondary N) is 1. The Bertz CT molecular complexity index is 768. The zero-order valence-electron chi connectivity index (χ0n) is 11.6. The van der Waals surface area contributed by atoms with Crippen LogP contribution in [0.4, 0.5) is 0 Å². The molecule has 0 saturated heterocycles. The number of aromatic amines is 1. The average Bonchev–Trinajstić information content (AvgIpc) is 3.11. The van der Waals surface area contributed by atoms with Crippen LogP contribution >= 0.6 is 15.9 Å². The van der Waals surface area contributed by atoms with E-state index in [9.17, 15) is 0 Å². The fraction of sp³-hybridized carbons (Fsp3) is 0.353. The largest absolute Gasteiger partial charge is 0.368 e. The average molecular weight is 342 g/mol. The maximum absolute atomic E-state index is 9.08. The monoisotopic (exact) mass is 341 g/mol. The number of rotatable bonds is 1. The number of halogens is 1. The summed E-state index contributed by atoms with van der Waals surface area (Å²) in [6, 6.07) is 9.17. The van der Waals surface area contributed by atoms with Gasteiger partial charge in [-0.1, -0.05) is 15.9 Å². The summed E-state index contributed by atoms with van der Waals surface area (Å²) in [4.78, 5) is 5.95. The molecule has 2 aliphatic rings. The summed E-state index contributed by atoms with van der Waals surface area (Å²) in [5.41, 5.74) is 4.02. The van der Waals surface area contributed by atoms with Crippen LogP contribution in [0.1, 0.15) is 30.1 Å². The highest BCUT2D eigenvalue weighted by molar-refractivity contribution is 9.10. The molecule has 2 unspecified atom stereocenters. The molecule has 106 valence electrons. The molecule has 4 rings (SSSR count). The third kappa shape index (κ3) is 2.08. The number of benzene rings is 1. The number of aromatic nitrogens is 1. The molecule has 1 aromatic heterocycles. The Hall–Kier alpha value is -1.73. The Morgan fingerprint density at radius 2 is 2.29 bits per heavy atom. The van der Waals surface area contributed by atoms with Gasteiger partial charge in [0.1, 0.15) is 0 Å². The fourth-order valence-corrected chi connectivity index (χ4v) is 3.98. The lowest BCUT2D eigenvalue weighted by molar-refractivity contribution is 0.257. The third-order valence-corrected chi connectivity index (χ3v) is 5.12. The van der Waals surface area contributed by atoms with E-state index in [1.165, 1.54) is 28.6 Å². The van der Waals surface area contributed by atoms with E-state index in [1.807, 2.05) is 6.08 Å². The molecule has 3 nitrogen and oxygen atoms in total. The molecule has 4 heteroatoms. The van der Waals surface area contributed by atoms with Crippen molar-refractivity contribution >= 4 is 26.8 Å². The smallest absolute Gasteiger partial charge is 0.0835 e. The standard InChI is InChI=1S/C17H16BrN3/c18-12-4-5-15-14(8-12)13-2-1-3-16(17(13)20-15)21-7-6-11(9-19)10-21/h4-8,11,16,20H,1-3,10H2. The number of hydrogen-bond donors (Lipinski definition) is 1. The van der Waals surface area contributed by atoms with E-state index >= 15 is 0 Å². The minimum Gasteiger partial charge on any atom is -0.368 e. The van der Waals surface area contributed by atoms with Gasteiger partial charge in [-0.25, -0.2) is 0 Å². The Balaban J connectivity index is 1.77. The van der Waals surface area contributed by atoms with Crippen LogP contribution in [-0.2, 0) is 6.42 Å². The van der Waals surface area contributed by atoms with Crippen molar-refractivity contribution < 1.29 is 0 Å². The van der Waals surface area contributed by atoms with Gasteiger partial charge in [0.15, 0.2) is 0 Å². The van der Waals surface area contributed by atoms with Crippen molar-refractivity contribution in [1.29, 1.82) is 5.26 Å².